The molecule has 31 heavy (non-hydrogen) atoms. The number of rotatable bonds is 6. The Morgan fingerprint density at radius 1 is 1.29 bits per heavy atom. The molecule has 0 unspecified atom stereocenters. The molecule has 160 valence electrons. The average molecular weight is 419 g/mol. The van der Waals surface area contributed by atoms with Crippen LogP contribution in [0, 0.1) is 0 Å². The molecule has 2 atom stereocenters. The summed E-state index contributed by atoms with van der Waals surface area (Å²) in [5, 5.41) is 17.2. The number of aliphatic hydroxyl groups is 1. The molecular formula is C23H25N5O3. The van der Waals surface area contributed by atoms with Crippen LogP contribution in [0.3, 0.4) is 0 Å². The summed E-state index contributed by atoms with van der Waals surface area (Å²) in [6.45, 7) is 0.391. The molecule has 1 amide bonds. The number of imidazole rings is 1. The fourth-order valence-electron chi connectivity index (χ4n) is 4.34. The van der Waals surface area contributed by atoms with E-state index in [9.17, 15) is 9.90 Å². The number of ether oxygens (including phenoxy) is 1. The number of carbonyl (C=O) groups is 1. The Labute approximate surface area is 179 Å². The Morgan fingerprint density at radius 2 is 2.19 bits per heavy atom. The lowest BCUT2D eigenvalue weighted by Crippen LogP contribution is -2.24. The van der Waals surface area contributed by atoms with Gasteiger partial charge in [-0.1, -0.05) is 6.07 Å². The number of anilines is 1. The van der Waals surface area contributed by atoms with Crippen molar-refractivity contribution in [3.8, 4) is 5.75 Å². The van der Waals surface area contributed by atoms with Crippen molar-refractivity contribution in [2.45, 2.75) is 38.0 Å². The number of hydrogen-bond acceptors (Lipinski definition) is 5. The van der Waals surface area contributed by atoms with Crippen molar-refractivity contribution in [3.05, 3.63) is 60.2 Å². The summed E-state index contributed by atoms with van der Waals surface area (Å²) < 4.78 is 7.18. The van der Waals surface area contributed by atoms with Gasteiger partial charge in [0.25, 0.3) is 5.91 Å². The smallest absolute Gasteiger partial charge is 0.270 e. The molecule has 8 nitrogen and oxygen atoms in total. The topological polar surface area (TPSA) is 104 Å². The molecule has 1 aliphatic carbocycles. The van der Waals surface area contributed by atoms with Crippen LogP contribution in [0.1, 0.15) is 35.3 Å². The minimum Gasteiger partial charge on any atom is -0.495 e. The second kappa shape index (κ2) is 7.96. The van der Waals surface area contributed by atoms with Crippen LogP contribution in [-0.2, 0) is 6.54 Å². The third-order valence-electron chi connectivity index (χ3n) is 5.95. The number of nitrogens with one attached hydrogen (secondary N) is 3. The lowest BCUT2D eigenvalue weighted by Gasteiger charge is -2.14. The molecule has 4 aromatic rings. The molecule has 1 saturated carbocycles. The summed E-state index contributed by atoms with van der Waals surface area (Å²) in [6.07, 6.45) is 7.60. The van der Waals surface area contributed by atoms with Gasteiger partial charge in [0.1, 0.15) is 17.1 Å². The predicted molar refractivity (Wildman–Crippen MR) is 118 cm³/mol. The predicted octanol–water partition coefficient (Wildman–Crippen LogP) is 3.08. The van der Waals surface area contributed by atoms with Crippen molar-refractivity contribution in [2.24, 2.45) is 0 Å². The van der Waals surface area contributed by atoms with E-state index in [2.05, 4.69) is 20.6 Å². The molecule has 1 aromatic carbocycles. The van der Waals surface area contributed by atoms with Crippen molar-refractivity contribution < 1.29 is 14.6 Å². The highest BCUT2D eigenvalue weighted by molar-refractivity contribution is 5.94. The average Bonchev–Trinajstić information content (AvgIpc) is 3.51. The van der Waals surface area contributed by atoms with Crippen LogP contribution in [0.4, 0.5) is 5.69 Å². The van der Waals surface area contributed by atoms with E-state index < -0.39 is 0 Å². The quantitative estimate of drug-likeness (QED) is 0.385. The molecule has 0 radical (unpaired) electrons. The Balaban J connectivity index is 1.34. The van der Waals surface area contributed by atoms with Crippen LogP contribution < -0.4 is 15.4 Å². The summed E-state index contributed by atoms with van der Waals surface area (Å²) in [6, 6.07) is 9.92. The maximum absolute atomic E-state index is 12.9. The number of H-pyrrole nitrogens is 1. The maximum Gasteiger partial charge on any atom is 0.270 e. The standard InChI is InChI=1S/C23H25N5O3/c1-31-20-6-2-14(18-8-9-24-22(18)20)11-26-23(30)19-12-25-21-7-4-16(13-28(19)21)27-15-3-5-17(29)10-15/h2,4,6-9,12-13,15,17,24,27,29H,3,5,10-11H2,1H3,(H,26,30)/t15-,17-/m0/s1. The molecule has 0 bridgehead atoms. The van der Waals surface area contributed by atoms with Gasteiger partial charge in [0, 0.05) is 30.4 Å². The highest BCUT2D eigenvalue weighted by Crippen LogP contribution is 2.27. The Kier molecular flexibility index (Phi) is 4.99. The molecule has 4 N–H and O–H groups in total. The second-order valence-corrected chi connectivity index (χ2v) is 7.97. The summed E-state index contributed by atoms with van der Waals surface area (Å²) in [5.41, 5.74) is 4.00. The number of amides is 1. The molecule has 1 fully saturated rings. The number of benzene rings is 1. The zero-order valence-electron chi connectivity index (χ0n) is 17.3. The van der Waals surface area contributed by atoms with Gasteiger partial charge in [-0.15, -0.1) is 0 Å². The highest BCUT2D eigenvalue weighted by Gasteiger charge is 2.22. The van der Waals surface area contributed by atoms with E-state index in [0.29, 0.717) is 17.9 Å². The van der Waals surface area contributed by atoms with E-state index in [4.69, 9.17) is 4.74 Å². The van der Waals surface area contributed by atoms with Gasteiger partial charge in [0.15, 0.2) is 0 Å². The minimum absolute atomic E-state index is 0.194. The van der Waals surface area contributed by atoms with E-state index in [1.54, 1.807) is 17.7 Å². The van der Waals surface area contributed by atoms with Crippen molar-refractivity contribution in [1.82, 2.24) is 19.7 Å². The van der Waals surface area contributed by atoms with Gasteiger partial charge in [-0.05, 0) is 49.1 Å². The molecule has 5 rings (SSSR count). The number of pyridine rings is 1. The van der Waals surface area contributed by atoms with Crippen LogP contribution in [0.2, 0.25) is 0 Å². The van der Waals surface area contributed by atoms with Crippen LogP contribution in [-0.4, -0.2) is 44.6 Å². The van der Waals surface area contributed by atoms with Crippen molar-refractivity contribution in [2.75, 3.05) is 12.4 Å². The number of methoxy groups -OCH3 is 1. The number of aromatic amines is 1. The number of aromatic nitrogens is 3. The summed E-state index contributed by atoms with van der Waals surface area (Å²) in [5.74, 6) is 0.576. The molecule has 8 heteroatoms. The molecule has 0 aliphatic heterocycles. The third-order valence-corrected chi connectivity index (χ3v) is 5.95. The van der Waals surface area contributed by atoms with Gasteiger partial charge < -0.3 is 25.5 Å². The van der Waals surface area contributed by atoms with Crippen LogP contribution in [0.5, 0.6) is 5.75 Å². The summed E-state index contributed by atoms with van der Waals surface area (Å²) >= 11 is 0. The number of aliphatic hydroxyl groups excluding tert-OH is 1. The van der Waals surface area contributed by atoms with Gasteiger partial charge in [0.2, 0.25) is 0 Å². The first kappa shape index (κ1) is 19.4. The fourth-order valence-corrected chi connectivity index (χ4v) is 4.34. The van der Waals surface area contributed by atoms with Crippen molar-refractivity contribution in [3.63, 3.8) is 0 Å². The fraction of sp³-hybridized carbons (Fsp3) is 0.304. The Morgan fingerprint density at radius 3 is 3.00 bits per heavy atom. The van der Waals surface area contributed by atoms with Gasteiger partial charge in [0.05, 0.1) is 30.6 Å². The van der Waals surface area contributed by atoms with E-state index >= 15 is 0 Å². The largest absolute Gasteiger partial charge is 0.495 e. The number of carbonyl (C=O) groups excluding carboxylic acids is 1. The molecule has 0 spiro atoms. The summed E-state index contributed by atoms with van der Waals surface area (Å²) in [4.78, 5) is 20.5. The monoisotopic (exact) mass is 419 g/mol. The maximum atomic E-state index is 12.9. The Bertz CT molecular complexity index is 1240. The van der Waals surface area contributed by atoms with Crippen molar-refractivity contribution in [1.29, 1.82) is 0 Å². The van der Waals surface area contributed by atoms with Crippen LogP contribution in [0.15, 0.2) is 48.9 Å². The number of nitrogens with zero attached hydrogens (tertiary/aromatic N) is 2. The first-order chi connectivity index (χ1) is 15.1. The van der Waals surface area contributed by atoms with Crippen molar-refractivity contribution >= 4 is 28.1 Å². The lowest BCUT2D eigenvalue weighted by atomic mass is 10.1. The molecule has 1 aliphatic rings. The van der Waals surface area contributed by atoms with Gasteiger partial charge >= 0.3 is 0 Å². The molecular weight excluding hydrogens is 394 g/mol. The number of hydrogen-bond donors (Lipinski definition) is 4. The van der Waals surface area contributed by atoms with E-state index in [0.717, 1.165) is 47.2 Å². The van der Waals surface area contributed by atoms with Gasteiger partial charge in [-0.2, -0.15) is 0 Å². The Hall–Kier alpha value is -3.52. The first-order valence-corrected chi connectivity index (χ1v) is 10.5. The SMILES string of the molecule is COc1ccc(CNC(=O)c2cnc3ccc(N[C@H]4CC[C@H](O)C4)cn23)c2cc[nH]c12. The molecule has 0 saturated heterocycles. The normalized spacial score (nSPS) is 18.5. The third kappa shape index (κ3) is 3.70. The van der Waals surface area contributed by atoms with Crippen LogP contribution >= 0.6 is 0 Å². The zero-order chi connectivity index (χ0) is 21.4. The summed E-state index contributed by atoms with van der Waals surface area (Å²) in [7, 11) is 1.64. The highest BCUT2D eigenvalue weighted by atomic mass is 16.5. The molecule has 3 aromatic heterocycles. The number of fused-ring (bicyclic) bond motifs is 2. The second-order valence-electron chi connectivity index (χ2n) is 7.97. The molecule has 3 heterocycles. The minimum atomic E-state index is -0.236. The van der Waals surface area contributed by atoms with E-state index in [1.807, 2.05) is 42.7 Å². The van der Waals surface area contributed by atoms with Gasteiger partial charge in [-0.25, -0.2) is 4.98 Å². The van der Waals surface area contributed by atoms with E-state index in [1.165, 1.54) is 0 Å². The zero-order valence-corrected chi connectivity index (χ0v) is 17.3. The van der Waals surface area contributed by atoms with E-state index in [-0.39, 0.29) is 18.1 Å². The van der Waals surface area contributed by atoms with Gasteiger partial charge in [-0.3, -0.25) is 9.20 Å². The first-order valence-electron chi connectivity index (χ1n) is 10.5. The lowest BCUT2D eigenvalue weighted by molar-refractivity contribution is 0.0945. The van der Waals surface area contributed by atoms with Crippen LogP contribution in [0.25, 0.3) is 16.6 Å².